The van der Waals surface area contributed by atoms with Crippen molar-refractivity contribution in [2.45, 2.75) is 26.6 Å². The summed E-state index contributed by atoms with van der Waals surface area (Å²) in [5.41, 5.74) is 0. The minimum absolute atomic E-state index is 0.0324. The SMILES string of the molecule is CC[C@@H](C)C(OC)OC. The van der Waals surface area contributed by atoms with Crippen molar-refractivity contribution in [1.82, 2.24) is 0 Å². The van der Waals surface area contributed by atoms with Gasteiger partial charge in [0.1, 0.15) is 0 Å². The Labute approximate surface area is 57.2 Å². The molecule has 0 saturated carbocycles. The van der Waals surface area contributed by atoms with Gasteiger partial charge in [-0.05, 0) is 6.42 Å². The van der Waals surface area contributed by atoms with E-state index < -0.39 is 0 Å². The molecule has 2 nitrogen and oxygen atoms in total. The van der Waals surface area contributed by atoms with Crippen molar-refractivity contribution in [3.05, 3.63) is 0 Å². The first kappa shape index (κ1) is 8.92. The minimum Gasteiger partial charge on any atom is -0.356 e. The molecule has 2 heteroatoms. The second kappa shape index (κ2) is 4.77. The van der Waals surface area contributed by atoms with Crippen molar-refractivity contribution in [3.63, 3.8) is 0 Å². The molecule has 0 unspecified atom stereocenters. The van der Waals surface area contributed by atoms with Crippen LogP contribution in [0.25, 0.3) is 0 Å². The molecule has 0 bridgehead atoms. The normalized spacial score (nSPS) is 14.3. The molecule has 0 saturated heterocycles. The highest BCUT2D eigenvalue weighted by Gasteiger charge is 2.12. The number of ether oxygens (including phenoxy) is 2. The van der Waals surface area contributed by atoms with E-state index in [0.717, 1.165) is 6.42 Å². The van der Waals surface area contributed by atoms with Gasteiger partial charge in [0.2, 0.25) is 0 Å². The summed E-state index contributed by atoms with van der Waals surface area (Å²) in [4.78, 5) is 0. The molecule has 0 spiro atoms. The van der Waals surface area contributed by atoms with E-state index in [-0.39, 0.29) is 6.29 Å². The lowest BCUT2D eigenvalue weighted by Gasteiger charge is -2.18. The molecular weight excluding hydrogens is 116 g/mol. The van der Waals surface area contributed by atoms with Crippen LogP contribution in [0.5, 0.6) is 0 Å². The molecule has 1 atom stereocenters. The number of rotatable bonds is 4. The van der Waals surface area contributed by atoms with Crippen molar-refractivity contribution in [3.8, 4) is 0 Å². The molecule has 0 heterocycles. The molecule has 0 aromatic carbocycles. The van der Waals surface area contributed by atoms with Crippen LogP contribution in [0, 0.1) is 5.92 Å². The van der Waals surface area contributed by atoms with Crippen LogP contribution in [0.15, 0.2) is 0 Å². The van der Waals surface area contributed by atoms with Gasteiger partial charge in [-0.2, -0.15) is 0 Å². The maximum Gasteiger partial charge on any atom is 0.159 e. The fraction of sp³-hybridized carbons (Fsp3) is 1.00. The molecule has 9 heavy (non-hydrogen) atoms. The Hall–Kier alpha value is -0.0800. The Kier molecular flexibility index (Phi) is 4.72. The molecule has 0 aliphatic heterocycles. The smallest absolute Gasteiger partial charge is 0.159 e. The van der Waals surface area contributed by atoms with Crippen molar-refractivity contribution in [1.29, 1.82) is 0 Å². The van der Waals surface area contributed by atoms with E-state index in [9.17, 15) is 0 Å². The van der Waals surface area contributed by atoms with Crippen molar-refractivity contribution < 1.29 is 9.47 Å². The molecule has 0 aliphatic rings. The lowest BCUT2D eigenvalue weighted by atomic mass is 10.1. The van der Waals surface area contributed by atoms with E-state index in [2.05, 4.69) is 13.8 Å². The van der Waals surface area contributed by atoms with E-state index in [1.54, 1.807) is 14.2 Å². The molecule has 56 valence electrons. The van der Waals surface area contributed by atoms with E-state index in [4.69, 9.17) is 9.47 Å². The Morgan fingerprint density at radius 2 is 1.67 bits per heavy atom. The average molecular weight is 132 g/mol. The van der Waals surface area contributed by atoms with Crippen LogP contribution in [0.2, 0.25) is 0 Å². The maximum atomic E-state index is 5.03. The first-order chi connectivity index (χ1) is 4.26. The number of hydrogen-bond acceptors (Lipinski definition) is 2. The predicted octanol–water partition coefficient (Wildman–Crippen LogP) is 1.65. The third kappa shape index (κ3) is 2.82. The van der Waals surface area contributed by atoms with E-state index >= 15 is 0 Å². The zero-order chi connectivity index (χ0) is 7.28. The zero-order valence-corrected chi connectivity index (χ0v) is 6.68. The monoisotopic (exact) mass is 132 g/mol. The number of hydrogen-bond donors (Lipinski definition) is 0. The van der Waals surface area contributed by atoms with Gasteiger partial charge < -0.3 is 9.47 Å². The standard InChI is InChI=1S/C7H16O2/c1-5-6(2)7(8-3)9-4/h6-7H,5H2,1-4H3/t6-/m1/s1. The van der Waals surface area contributed by atoms with Crippen LogP contribution in [0.1, 0.15) is 20.3 Å². The molecule has 0 N–H and O–H groups in total. The van der Waals surface area contributed by atoms with Gasteiger partial charge in [0.05, 0.1) is 0 Å². The molecule has 0 aliphatic carbocycles. The van der Waals surface area contributed by atoms with E-state index in [0.29, 0.717) is 5.92 Å². The van der Waals surface area contributed by atoms with Crippen LogP contribution >= 0.6 is 0 Å². The molecule has 0 aromatic rings. The second-order valence-corrected chi connectivity index (χ2v) is 2.23. The minimum atomic E-state index is -0.0324. The molecule has 0 fully saturated rings. The average Bonchev–Trinajstić information content (AvgIpc) is 1.90. The lowest BCUT2D eigenvalue weighted by Crippen LogP contribution is -2.21. The molecular formula is C7H16O2. The predicted molar refractivity (Wildman–Crippen MR) is 37.3 cm³/mol. The van der Waals surface area contributed by atoms with Gasteiger partial charge in [0, 0.05) is 20.1 Å². The van der Waals surface area contributed by atoms with E-state index in [1.165, 1.54) is 0 Å². The number of methoxy groups -OCH3 is 2. The third-order valence-corrected chi connectivity index (χ3v) is 1.57. The summed E-state index contributed by atoms with van der Waals surface area (Å²) in [5, 5.41) is 0. The fourth-order valence-electron chi connectivity index (χ4n) is 0.753. The van der Waals surface area contributed by atoms with Crippen molar-refractivity contribution in [2.75, 3.05) is 14.2 Å². The Morgan fingerprint density at radius 1 is 1.22 bits per heavy atom. The Balaban J connectivity index is 3.50. The first-order valence-corrected chi connectivity index (χ1v) is 3.31. The lowest BCUT2D eigenvalue weighted by molar-refractivity contribution is -0.133. The largest absolute Gasteiger partial charge is 0.356 e. The Bertz CT molecular complexity index is 59.9. The van der Waals surface area contributed by atoms with Gasteiger partial charge >= 0.3 is 0 Å². The van der Waals surface area contributed by atoms with Gasteiger partial charge in [-0.15, -0.1) is 0 Å². The summed E-state index contributed by atoms with van der Waals surface area (Å²) in [6, 6.07) is 0. The summed E-state index contributed by atoms with van der Waals surface area (Å²) in [7, 11) is 3.33. The summed E-state index contributed by atoms with van der Waals surface area (Å²) in [6.45, 7) is 4.23. The summed E-state index contributed by atoms with van der Waals surface area (Å²) in [6.07, 6.45) is 1.06. The molecule has 0 amide bonds. The molecule has 0 aromatic heterocycles. The Morgan fingerprint density at radius 3 is 1.78 bits per heavy atom. The zero-order valence-electron chi connectivity index (χ0n) is 6.68. The van der Waals surface area contributed by atoms with Crippen LogP contribution in [-0.4, -0.2) is 20.5 Å². The maximum absolute atomic E-state index is 5.03. The fourth-order valence-corrected chi connectivity index (χ4v) is 0.753. The molecule has 0 radical (unpaired) electrons. The van der Waals surface area contributed by atoms with Gasteiger partial charge in [0.25, 0.3) is 0 Å². The van der Waals surface area contributed by atoms with Crippen LogP contribution < -0.4 is 0 Å². The third-order valence-electron chi connectivity index (χ3n) is 1.57. The summed E-state index contributed by atoms with van der Waals surface area (Å²) >= 11 is 0. The highest BCUT2D eigenvalue weighted by atomic mass is 16.7. The summed E-state index contributed by atoms with van der Waals surface area (Å²) < 4.78 is 10.1. The summed E-state index contributed by atoms with van der Waals surface area (Å²) in [5.74, 6) is 0.486. The van der Waals surface area contributed by atoms with Crippen LogP contribution in [0.4, 0.5) is 0 Å². The van der Waals surface area contributed by atoms with Gasteiger partial charge in [0.15, 0.2) is 6.29 Å². The van der Waals surface area contributed by atoms with Gasteiger partial charge in [-0.25, -0.2) is 0 Å². The second-order valence-electron chi connectivity index (χ2n) is 2.23. The first-order valence-electron chi connectivity index (χ1n) is 3.31. The molecule has 0 rings (SSSR count). The topological polar surface area (TPSA) is 18.5 Å². The highest BCUT2D eigenvalue weighted by Crippen LogP contribution is 2.10. The van der Waals surface area contributed by atoms with Gasteiger partial charge in [-0.3, -0.25) is 0 Å². The van der Waals surface area contributed by atoms with Crippen LogP contribution in [-0.2, 0) is 9.47 Å². The van der Waals surface area contributed by atoms with Gasteiger partial charge in [-0.1, -0.05) is 13.8 Å². The quantitative estimate of drug-likeness (QED) is 0.541. The van der Waals surface area contributed by atoms with Crippen LogP contribution in [0.3, 0.4) is 0 Å². The van der Waals surface area contributed by atoms with Crippen molar-refractivity contribution >= 4 is 0 Å². The van der Waals surface area contributed by atoms with E-state index in [1.807, 2.05) is 0 Å². The highest BCUT2D eigenvalue weighted by molar-refractivity contribution is 4.52. The van der Waals surface area contributed by atoms with Crippen molar-refractivity contribution in [2.24, 2.45) is 5.92 Å².